The van der Waals surface area contributed by atoms with Crippen LogP contribution >= 0.6 is 0 Å². The zero-order valence-electron chi connectivity index (χ0n) is 35.2. The topological polar surface area (TPSA) is 123 Å². The molecule has 306 valence electrons. The zero-order valence-corrected chi connectivity index (χ0v) is 35.2. The summed E-state index contributed by atoms with van der Waals surface area (Å²) >= 11 is 0. The van der Waals surface area contributed by atoms with Crippen molar-refractivity contribution in [3.63, 3.8) is 0 Å². The average Bonchev–Trinajstić information content (AvgIpc) is 3.17. The van der Waals surface area contributed by atoms with Crippen LogP contribution in [-0.4, -0.2) is 52.5 Å². The lowest BCUT2D eigenvalue weighted by Gasteiger charge is -2.38. The highest BCUT2D eigenvalue weighted by atomic mass is 16.7. The Morgan fingerprint density at radius 3 is 1.91 bits per heavy atom. The largest absolute Gasteiger partial charge is 0.514 e. The van der Waals surface area contributed by atoms with Crippen molar-refractivity contribution in [2.45, 2.75) is 151 Å². The highest BCUT2D eigenvalue weighted by molar-refractivity contribution is 5.90. The molecular weight excluding hydrogens is 709 g/mol. The summed E-state index contributed by atoms with van der Waals surface area (Å²) in [5.74, 6) is 2.23. The lowest BCUT2D eigenvalue weighted by Crippen LogP contribution is -2.38. The van der Waals surface area contributed by atoms with E-state index in [1.807, 2.05) is 20.8 Å². The first-order chi connectivity index (χ1) is 26.7. The van der Waals surface area contributed by atoms with Gasteiger partial charge in [-0.15, -0.1) is 0 Å². The first-order valence-corrected chi connectivity index (χ1v) is 20.6. The minimum Gasteiger partial charge on any atom is -0.487 e. The van der Waals surface area contributed by atoms with Gasteiger partial charge in [0.1, 0.15) is 29.8 Å². The molecule has 1 aliphatic heterocycles. The average molecular weight is 773 g/mol. The van der Waals surface area contributed by atoms with Crippen LogP contribution in [0.15, 0.2) is 49.1 Å². The normalized spacial score (nSPS) is 17.2. The number of fused-ring (bicyclic) bond motifs is 1. The minimum absolute atomic E-state index is 0.192. The molecule has 5 atom stereocenters. The van der Waals surface area contributed by atoms with Crippen molar-refractivity contribution in [2.24, 2.45) is 17.8 Å². The van der Waals surface area contributed by atoms with Gasteiger partial charge in [-0.1, -0.05) is 72.6 Å². The molecule has 56 heavy (non-hydrogen) atoms. The van der Waals surface area contributed by atoms with Gasteiger partial charge in [0.15, 0.2) is 6.10 Å². The Hall–Kier alpha value is -4.47. The summed E-state index contributed by atoms with van der Waals surface area (Å²) in [5.41, 5.74) is 3.72. The van der Waals surface area contributed by atoms with Gasteiger partial charge in [0.25, 0.3) is 0 Å². The van der Waals surface area contributed by atoms with Crippen LogP contribution in [0, 0.1) is 38.5 Å². The van der Waals surface area contributed by atoms with E-state index in [9.17, 15) is 14.4 Å². The predicted octanol–water partition coefficient (Wildman–Crippen LogP) is 10.9. The monoisotopic (exact) mass is 772 g/mol. The Bertz CT molecular complexity index is 1730. The Kier molecular flexibility index (Phi) is 16.7. The number of ether oxygens (including phenoxy) is 5. The van der Waals surface area contributed by atoms with E-state index in [4.69, 9.17) is 23.7 Å². The Balaban J connectivity index is 1.33. The molecule has 0 spiro atoms. The van der Waals surface area contributed by atoms with Crippen molar-refractivity contribution in [2.75, 3.05) is 6.61 Å². The third-order valence-corrected chi connectivity index (χ3v) is 11.3. The van der Waals surface area contributed by atoms with Crippen LogP contribution < -0.4 is 9.47 Å². The molecular formula is C46H64N2O8. The van der Waals surface area contributed by atoms with Gasteiger partial charge in [-0.05, 0) is 119 Å². The van der Waals surface area contributed by atoms with Gasteiger partial charge in [-0.25, -0.2) is 14.4 Å². The zero-order chi connectivity index (χ0) is 40.8. The lowest BCUT2D eigenvalue weighted by atomic mass is 9.83. The second-order valence-corrected chi connectivity index (χ2v) is 16.6. The number of carbonyl (C=O) groups is 3. The summed E-state index contributed by atoms with van der Waals surface area (Å²) in [6.07, 6.45) is 15.6. The summed E-state index contributed by atoms with van der Waals surface area (Å²) in [6.45, 7) is 18.6. The fourth-order valence-electron chi connectivity index (χ4n) is 7.43. The fourth-order valence-corrected chi connectivity index (χ4v) is 7.43. The van der Waals surface area contributed by atoms with E-state index >= 15 is 0 Å². The predicted molar refractivity (Wildman–Crippen MR) is 217 cm³/mol. The number of aromatic nitrogens is 2. The third kappa shape index (κ3) is 13.1. The maximum atomic E-state index is 13.2. The second-order valence-electron chi connectivity index (χ2n) is 16.6. The number of benzene rings is 1. The quantitative estimate of drug-likeness (QED) is 0.0623. The highest BCUT2D eigenvalue weighted by Crippen LogP contribution is 2.45. The molecule has 0 fully saturated rings. The van der Waals surface area contributed by atoms with Gasteiger partial charge in [-0.3, -0.25) is 9.97 Å². The lowest BCUT2D eigenvalue weighted by molar-refractivity contribution is -0.0527. The van der Waals surface area contributed by atoms with Crippen LogP contribution in [0.1, 0.15) is 149 Å². The van der Waals surface area contributed by atoms with Gasteiger partial charge in [0.05, 0.1) is 11.1 Å². The van der Waals surface area contributed by atoms with Crippen LogP contribution in [0.2, 0.25) is 0 Å². The summed E-state index contributed by atoms with van der Waals surface area (Å²) < 4.78 is 29.4. The van der Waals surface area contributed by atoms with Crippen LogP contribution in [0.25, 0.3) is 0 Å². The molecule has 10 nitrogen and oxygen atoms in total. The summed E-state index contributed by atoms with van der Waals surface area (Å²) in [5, 5.41) is 0. The van der Waals surface area contributed by atoms with Crippen molar-refractivity contribution in [3.8, 4) is 11.5 Å². The van der Waals surface area contributed by atoms with E-state index in [1.165, 1.54) is 69.7 Å². The number of hydrogen-bond donors (Lipinski definition) is 0. The molecule has 1 aliphatic rings. The van der Waals surface area contributed by atoms with E-state index in [1.54, 1.807) is 31.2 Å². The molecule has 0 saturated heterocycles. The molecule has 0 saturated carbocycles. The van der Waals surface area contributed by atoms with Gasteiger partial charge < -0.3 is 23.7 Å². The van der Waals surface area contributed by atoms with Crippen molar-refractivity contribution in [3.05, 3.63) is 82.4 Å². The number of rotatable bonds is 20. The van der Waals surface area contributed by atoms with E-state index in [-0.39, 0.29) is 16.7 Å². The molecule has 0 bridgehead atoms. The van der Waals surface area contributed by atoms with Gasteiger partial charge in [0, 0.05) is 30.4 Å². The summed E-state index contributed by atoms with van der Waals surface area (Å²) in [4.78, 5) is 46.9. The van der Waals surface area contributed by atoms with Crippen LogP contribution in [0.5, 0.6) is 11.5 Å². The molecule has 0 aliphatic carbocycles. The van der Waals surface area contributed by atoms with Gasteiger partial charge in [0.2, 0.25) is 0 Å². The number of hydrogen-bond acceptors (Lipinski definition) is 10. The Morgan fingerprint density at radius 2 is 1.34 bits per heavy atom. The van der Waals surface area contributed by atoms with Gasteiger partial charge in [-0.2, -0.15) is 0 Å². The Labute approximate surface area is 334 Å². The van der Waals surface area contributed by atoms with Crippen molar-refractivity contribution in [1.29, 1.82) is 0 Å². The molecule has 3 heterocycles. The number of carbonyl (C=O) groups excluding carboxylic acids is 3. The van der Waals surface area contributed by atoms with E-state index < -0.39 is 36.9 Å². The molecule has 0 N–H and O–H groups in total. The minimum atomic E-state index is -1.15. The SMILES string of the molecule is Cc1c(C)c2c(c(C)c1OC(=O)OCC(OC(=O)c1cccnc1)C(C)OC(=O)c1cccnc1)CCC(C)(CCCC(C)CCCC(C)CCCC(C)C)O2. The van der Waals surface area contributed by atoms with Crippen LogP contribution in [0.4, 0.5) is 4.79 Å². The first-order valence-electron chi connectivity index (χ1n) is 20.6. The maximum Gasteiger partial charge on any atom is 0.514 e. The van der Waals surface area contributed by atoms with E-state index in [2.05, 4.69) is 44.6 Å². The summed E-state index contributed by atoms with van der Waals surface area (Å²) in [7, 11) is 0. The molecule has 0 radical (unpaired) electrons. The first kappa shape index (κ1) is 44.2. The van der Waals surface area contributed by atoms with Gasteiger partial charge >= 0.3 is 18.1 Å². The molecule has 1 aromatic carbocycles. The standard InChI is InChI=1S/C46H64N2O8/c1-30(2)15-10-16-31(3)17-11-18-32(4)19-12-23-46(9)24-22-39-35(7)41(33(5)34(6)42(39)56-46)55-45(51)52-29-40(54-44(50)38-21-14-26-48-28-38)36(8)53-43(49)37-20-13-25-47-27-37/h13-14,20-21,25-28,30-32,36,40H,10-12,15-19,22-24,29H2,1-9H3. The molecule has 5 unspecified atom stereocenters. The molecule has 2 aromatic heterocycles. The van der Waals surface area contributed by atoms with Crippen molar-refractivity contribution < 1.29 is 38.1 Å². The highest BCUT2D eigenvalue weighted by Gasteiger charge is 2.35. The second kappa shape index (κ2) is 21.2. The Morgan fingerprint density at radius 1 is 0.768 bits per heavy atom. The van der Waals surface area contributed by atoms with Crippen LogP contribution in [0.3, 0.4) is 0 Å². The maximum absolute atomic E-state index is 13.2. The van der Waals surface area contributed by atoms with Crippen LogP contribution in [-0.2, 0) is 20.6 Å². The molecule has 3 aromatic rings. The fraction of sp³-hybridized carbons (Fsp3) is 0.587. The molecule has 10 heteroatoms. The van der Waals surface area contributed by atoms with E-state index in [0.717, 1.165) is 65.5 Å². The third-order valence-electron chi connectivity index (χ3n) is 11.3. The summed E-state index contributed by atoms with van der Waals surface area (Å²) in [6, 6.07) is 6.31. The smallest absolute Gasteiger partial charge is 0.487 e. The number of pyridine rings is 2. The van der Waals surface area contributed by atoms with Crippen molar-refractivity contribution >= 4 is 18.1 Å². The van der Waals surface area contributed by atoms with Crippen molar-refractivity contribution in [1.82, 2.24) is 9.97 Å². The molecule has 4 rings (SSSR count). The number of esters is 2. The van der Waals surface area contributed by atoms with E-state index in [0.29, 0.717) is 11.7 Å². The number of nitrogens with zero attached hydrogens (tertiary/aromatic N) is 2. The molecule has 0 amide bonds.